The summed E-state index contributed by atoms with van der Waals surface area (Å²) in [6, 6.07) is 22.1. The number of hydrogen-bond donors (Lipinski definition) is 2. The third-order valence-corrected chi connectivity index (χ3v) is 6.18. The van der Waals surface area contributed by atoms with E-state index in [1.807, 2.05) is 42.5 Å². The summed E-state index contributed by atoms with van der Waals surface area (Å²) in [4.78, 5) is 21.3. The zero-order chi connectivity index (χ0) is 27.1. The van der Waals surface area contributed by atoms with Gasteiger partial charge in [0.2, 0.25) is 10.0 Å². The van der Waals surface area contributed by atoms with Crippen molar-refractivity contribution >= 4 is 39.0 Å². The van der Waals surface area contributed by atoms with Crippen molar-refractivity contribution in [2.24, 2.45) is 0 Å². The van der Waals surface area contributed by atoms with Crippen molar-refractivity contribution in [2.45, 2.75) is 13.2 Å². The Kier molecular flexibility index (Phi) is 8.57. The van der Waals surface area contributed by atoms with Crippen LogP contribution < -0.4 is 14.8 Å². The van der Waals surface area contributed by atoms with Gasteiger partial charge in [0.25, 0.3) is 5.91 Å². The first-order valence-corrected chi connectivity index (χ1v) is 13.7. The standard InChI is InChI=1S/C27H25ClN4O5S/c1-36-24-13-10-20(14-22(24)23-15-29-25(28)26(31-23)32-38(2,34)35)27(33)30-21-11-8-19(9-12-21)17-37-16-18-6-4-3-5-7-18/h3-15H,16-17H2,1-2H3,(H,30,33)(H,31,32). The van der Waals surface area contributed by atoms with Crippen molar-refractivity contribution in [1.29, 1.82) is 0 Å². The normalized spacial score (nSPS) is 11.1. The zero-order valence-corrected chi connectivity index (χ0v) is 22.2. The third kappa shape index (κ3) is 7.28. The van der Waals surface area contributed by atoms with Gasteiger partial charge in [0.05, 0.1) is 38.5 Å². The number of nitrogens with zero attached hydrogens (tertiary/aromatic N) is 2. The minimum atomic E-state index is -3.63. The number of methoxy groups -OCH3 is 1. The van der Waals surface area contributed by atoms with Crippen molar-refractivity contribution in [3.63, 3.8) is 0 Å². The number of carbonyl (C=O) groups excluding carboxylic acids is 1. The quantitative estimate of drug-likeness (QED) is 0.279. The second-order valence-electron chi connectivity index (χ2n) is 8.31. The molecule has 0 bridgehead atoms. The lowest BCUT2D eigenvalue weighted by Crippen LogP contribution is -2.13. The Balaban J connectivity index is 1.46. The lowest BCUT2D eigenvalue weighted by Gasteiger charge is -2.12. The van der Waals surface area contributed by atoms with E-state index in [4.69, 9.17) is 21.1 Å². The molecule has 1 heterocycles. The van der Waals surface area contributed by atoms with E-state index in [1.54, 1.807) is 30.3 Å². The van der Waals surface area contributed by atoms with Crippen LogP contribution in [-0.2, 0) is 28.0 Å². The molecule has 0 radical (unpaired) electrons. The average Bonchev–Trinajstić information content (AvgIpc) is 2.90. The SMILES string of the molecule is COc1ccc(C(=O)Nc2ccc(COCc3ccccc3)cc2)cc1-c1cnc(Cl)c(NS(C)(=O)=O)n1. The van der Waals surface area contributed by atoms with Crippen molar-refractivity contribution in [1.82, 2.24) is 9.97 Å². The summed E-state index contributed by atoms with van der Waals surface area (Å²) in [7, 11) is -2.16. The molecular weight excluding hydrogens is 528 g/mol. The van der Waals surface area contributed by atoms with Crippen LogP contribution in [0.3, 0.4) is 0 Å². The van der Waals surface area contributed by atoms with Crippen LogP contribution in [0.25, 0.3) is 11.3 Å². The van der Waals surface area contributed by atoms with Gasteiger partial charge in [-0.25, -0.2) is 18.4 Å². The maximum atomic E-state index is 13.0. The molecule has 1 aromatic heterocycles. The van der Waals surface area contributed by atoms with E-state index in [-0.39, 0.29) is 22.6 Å². The highest BCUT2D eigenvalue weighted by molar-refractivity contribution is 7.92. The summed E-state index contributed by atoms with van der Waals surface area (Å²) in [5.41, 5.74) is 3.74. The molecule has 0 atom stereocenters. The van der Waals surface area contributed by atoms with E-state index >= 15 is 0 Å². The van der Waals surface area contributed by atoms with Crippen molar-refractivity contribution in [3.8, 4) is 17.0 Å². The van der Waals surface area contributed by atoms with E-state index in [0.717, 1.165) is 17.4 Å². The molecule has 0 spiro atoms. The molecule has 0 saturated heterocycles. The number of nitrogens with one attached hydrogen (secondary N) is 2. The first-order chi connectivity index (χ1) is 18.2. The average molecular weight is 553 g/mol. The Morgan fingerprint density at radius 1 is 0.974 bits per heavy atom. The third-order valence-electron chi connectivity index (χ3n) is 5.34. The zero-order valence-electron chi connectivity index (χ0n) is 20.6. The fourth-order valence-electron chi connectivity index (χ4n) is 3.54. The first kappa shape index (κ1) is 27.1. The number of hydrogen-bond acceptors (Lipinski definition) is 7. The molecule has 0 aliphatic heterocycles. The Labute approximate surface area is 225 Å². The second-order valence-corrected chi connectivity index (χ2v) is 10.4. The number of sulfonamides is 1. The number of benzene rings is 3. The maximum Gasteiger partial charge on any atom is 0.255 e. The highest BCUT2D eigenvalue weighted by Gasteiger charge is 2.17. The number of carbonyl (C=O) groups is 1. The Hall–Kier alpha value is -3.99. The molecular formula is C27H25ClN4O5S. The highest BCUT2D eigenvalue weighted by atomic mass is 35.5. The van der Waals surface area contributed by atoms with E-state index in [1.165, 1.54) is 13.3 Å². The van der Waals surface area contributed by atoms with E-state index in [9.17, 15) is 13.2 Å². The maximum absolute atomic E-state index is 13.0. The van der Waals surface area contributed by atoms with Gasteiger partial charge in [-0.2, -0.15) is 0 Å². The van der Waals surface area contributed by atoms with Gasteiger partial charge in [0.15, 0.2) is 11.0 Å². The van der Waals surface area contributed by atoms with Crippen LogP contribution in [0.15, 0.2) is 79.0 Å². The Bertz CT molecular complexity index is 1530. The molecule has 1 amide bonds. The molecule has 2 N–H and O–H groups in total. The molecule has 4 aromatic rings. The largest absolute Gasteiger partial charge is 0.496 e. The molecule has 38 heavy (non-hydrogen) atoms. The number of aromatic nitrogens is 2. The van der Waals surface area contributed by atoms with Crippen LogP contribution in [-0.4, -0.2) is 37.7 Å². The molecule has 0 aliphatic rings. The monoisotopic (exact) mass is 552 g/mol. The van der Waals surface area contributed by atoms with Gasteiger partial charge in [-0.3, -0.25) is 9.52 Å². The number of amides is 1. The minimum Gasteiger partial charge on any atom is -0.496 e. The molecule has 0 saturated carbocycles. The molecule has 3 aromatic carbocycles. The molecule has 4 rings (SSSR count). The lowest BCUT2D eigenvalue weighted by molar-refractivity contribution is 0.102. The summed E-state index contributed by atoms with van der Waals surface area (Å²) >= 11 is 6.00. The summed E-state index contributed by atoms with van der Waals surface area (Å²) < 4.78 is 36.7. The van der Waals surface area contributed by atoms with E-state index < -0.39 is 10.0 Å². The van der Waals surface area contributed by atoms with Crippen LogP contribution >= 0.6 is 11.6 Å². The lowest BCUT2D eigenvalue weighted by atomic mass is 10.1. The fourth-order valence-corrected chi connectivity index (χ4v) is 4.23. The molecule has 0 fully saturated rings. The van der Waals surface area contributed by atoms with Gasteiger partial charge in [0.1, 0.15) is 5.75 Å². The summed E-state index contributed by atoms with van der Waals surface area (Å²) in [5.74, 6) is -0.0573. The number of rotatable bonds is 10. The van der Waals surface area contributed by atoms with Crippen molar-refractivity contribution in [2.75, 3.05) is 23.4 Å². The van der Waals surface area contributed by atoms with Crippen LogP contribution in [0.4, 0.5) is 11.5 Å². The molecule has 11 heteroatoms. The second kappa shape index (κ2) is 12.0. The Morgan fingerprint density at radius 3 is 2.32 bits per heavy atom. The van der Waals surface area contributed by atoms with Gasteiger partial charge >= 0.3 is 0 Å². The summed E-state index contributed by atoms with van der Waals surface area (Å²) in [5, 5.41) is 2.76. The number of ether oxygens (including phenoxy) is 2. The predicted molar refractivity (Wildman–Crippen MR) is 147 cm³/mol. The Morgan fingerprint density at radius 2 is 1.66 bits per heavy atom. The molecule has 0 unspecified atom stereocenters. The van der Waals surface area contributed by atoms with Crippen LogP contribution in [0.1, 0.15) is 21.5 Å². The van der Waals surface area contributed by atoms with Crippen LogP contribution in [0.5, 0.6) is 5.75 Å². The summed E-state index contributed by atoms with van der Waals surface area (Å²) in [6.07, 6.45) is 2.35. The van der Waals surface area contributed by atoms with E-state index in [2.05, 4.69) is 20.0 Å². The first-order valence-electron chi connectivity index (χ1n) is 11.4. The van der Waals surface area contributed by atoms with Gasteiger partial charge < -0.3 is 14.8 Å². The molecule has 196 valence electrons. The molecule has 9 nitrogen and oxygen atoms in total. The minimum absolute atomic E-state index is 0.110. The number of halogens is 1. The van der Waals surface area contributed by atoms with Crippen LogP contribution in [0.2, 0.25) is 5.15 Å². The predicted octanol–water partition coefficient (Wildman–Crippen LogP) is 5.15. The van der Waals surface area contributed by atoms with Crippen molar-refractivity contribution in [3.05, 3.63) is 101 Å². The van der Waals surface area contributed by atoms with Crippen molar-refractivity contribution < 1.29 is 22.7 Å². The fraction of sp³-hybridized carbons (Fsp3) is 0.148. The summed E-state index contributed by atoms with van der Waals surface area (Å²) in [6.45, 7) is 0.964. The van der Waals surface area contributed by atoms with Gasteiger partial charge in [-0.05, 0) is 41.5 Å². The van der Waals surface area contributed by atoms with Gasteiger partial charge in [-0.15, -0.1) is 0 Å². The highest BCUT2D eigenvalue weighted by Crippen LogP contribution is 2.32. The van der Waals surface area contributed by atoms with E-state index in [0.29, 0.717) is 35.8 Å². The van der Waals surface area contributed by atoms with Gasteiger partial charge in [0, 0.05) is 16.8 Å². The smallest absolute Gasteiger partial charge is 0.255 e. The van der Waals surface area contributed by atoms with Gasteiger partial charge in [-0.1, -0.05) is 54.1 Å². The topological polar surface area (TPSA) is 120 Å². The number of anilines is 2. The van der Waals surface area contributed by atoms with Crippen LogP contribution in [0, 0.1) is 0 Å². The molecule has 0 aliphatic carbocycles.